The van der Waals surface area contributed by atoms with Crippen LogP contribution in [0.25, 0.3) is 0 Å². The molecule has 0 heterocycles. The second-order valence-corrected chi connectivity index (χ2v) is 8.17. The van der Waals surface area contributed by atoms with Gasteiger partial charge in [-0.3, -0.25) is 0 Å². The van der Waals surface area contributed by atoms with Gasteiger partial charge in [0.15, 0.2) is 0 Å². The lowest BCUT2D eigenvalue weighted by Gasteiger charge is -2.15. The van der Waals surface area contributed by atoms with Gasteiger partial charge in [-0.05, 0) is 62.2 Å². The van der Waals surface area contributed by atoms with Gasteiger partial charge >= 0.3 is 6.03 Å². The minimum atomic E-state index is -3.51. The van der Waals surface area contributed by atoms with E-state index in [1.807, 2.05) is 19.1 Å². The molecule has 1 unspecified atom stereocenters. The largest absolute Gasteiger partial charge is 0.508 e. The second kappa shape index (κ2) is 9.38. The van der Waals surface area contributed by atoms with Crippen LogP contribution in [0.2, 0.25) is 0 Å². The smallest absolute Gasteiger partial charge is 0.315 e. The number of carbonyl (C=O) groups excluding carboxylic acids is 1. The summed E-state index contributed by atoms with van der Waals surface area (Å²) >= 11 is 0. The first-order chi connectivity index (χ1) is 12.8. The maximum atomic E-state index is 12.0. The van der Waals surface area contributed by atoms with Gasteiger partial charge < -0.3 is 15.7 Å². The quantitative estimate of drug-likeness (QED) is 0.553. The minimum absolute atomic E-state index is 0.0326. The number of hydrogen-bond acceptors (Lipinski definition) is 4. The molecule has 7 nitrogen and oxygen atoms in total. The maximum Gasteiger partial charge on any atom is 0.315 e. The number of benzene rings is 2. The number of phenols is 1. The van der Waals surface area contributed by atoms with Crippen LogP contribution in [0.5, 0.6) is 5.75 Å². The Labute approximate surface area is 159 Å². The van der Waals surface area contributed by atoms with Crippen molar-refractivity contribution in [2.45, 2.75) is 37.2 Å². The highest BCUT2D eigenvalue weighted by Gasteiger charge is 2.12. The van der Waals surface area contributed by atoms with Gasteiger partial charge in [-0.15, -0.1) is 0 Å². The van der Waals surface area contributed by atoms with Crippen LogP contribution >= 0.6 is 0 Å². The topological polar surface area (TPSA) is 108 Å². The third kappa shape index (κ3) is 6.58. The lowest BCUT2D eigenvalue weighted by atomic mass is 10.1. The van der Waals surface area contributed by atoms with Crippen LogP contribution in [0, 0.1) is 0 Å². The van der Waals surface area contributed by atoms with E-state index in [-0.39, 0.29) is 29.3 Å². The van der Waals surface area contributed by atoms with Gasteiger partial charge in [0.05, 0.1) is 4.90 Å². The Kier molecular flexibility index (Phi) is 7.20. The summed E-state index contributed by atoms with van der Waals surface area (Å²) in [6, 6.07) is 13.1. The Morgan fingerprint density at radius 3 is 2.48 bits per heavy atom. The van der Waals surface area contributed by atoms with Gasteiger partial charge in [-0.2, -0.15) is 0 Å². The molecule has 0 saturated carbocycles. The number of aromatic hydroxyl groups is 1. The number of phenolic OH excluding ortho intramolecular Hbond substituents is 1. The van der Waals surface area contributed by atoms with Crippen LogP contribution in [0.3, 0.4) is 0 Å². The molecular weight excluding hydrogens is 366 g/mol. The van der Waals surface area contributed by atoms with Gasteiger partial charge in [0.1, 0.15) is 5.75 Å². The Hall–Kier alpha value is -2.58. The summed E-state index contributed by atoms with van der Waals surface area (Å²) in [6.07, 6.45) is 1.54. The molecule has 1 atom stereocenters. The van der Waals surface area contributed by atoms with Crippen molar-refractivity contribution in [3.63, 3.8) is 0 Å². The lowest BCUT2D eigenvalue weighted by Crippen LogP contribution is -2.40. The minimum Gasteiger partial charge on any atom is -0.508 e. The second-order valence-electron chi connectivity index (χ2n) is 6.29. The van der Waals surface area contributed by atoms with Crippen molar-refractivity contribution in [2.24, 2.45) is 0 Å². The number of urea groups is 1. The van der Waals surface area contributed by atoms with Crippen molar-refractivity contribution in [2.75, 3.05) is 7.05 Å². The predicted molar refractivity (Wildman–Crippen MR) is 104 cm³/mol. The first-order valence-corrected chi connectivity index (χ1v) is 10.1. The van der Waals surface area contributed by atoms with Crippen LogP contribution in [0.15, 0.2) is 53.4 Å². The monoisotopic (exact) mass is 391 g/mol. The van der Waals surface area contributed by atoms with E-state index in [0.717, 1.165) is 18.4 Å². The van der Waals surface area contributed by atoms with Gasteiger partial charge in [-0.25, -0.2) is 17.9 Å². The molecule has 0 radical (unpaired) electrons. The summed E-state index contributed by atoms with van der Waals surface area (Å²) in [5.41, 5.74) is 1.78. The summed E-state index contributed by atoms with van der Waals surface area (Å²) in [4.78, 5) is 12.2. The molecule has 4 N–H and O–H groups in total. The van der Waals surface area contributed by atoms with Crippen molar-refractivity contribution in [1.82, 2.24) is 15.4 Å². The fourth-order valence-electron chi connectivity index (χ4n) is 2.52. The van der Waals surface area contributed by atoms with Crippen LogP contribution in [-0.4, -0.2) is 32.6 Å². The molecular formula is C19H25N3O4S. The van der Waals surface area contributed by atoms with Gasteiger partial charge in [0.25, 0.3) is 0 Å². The molecule has 8 heteroatoms. The number of rotatable bonds is 8. The number of hydrogen-bond donors (Lipinski definition) is 4. The van der Waals surface area contributed by atoms with E-state index in [9.17, 15) is 18.3 Å². The number of sulfonamides is 1. The highest BCUT2D eigenvalue weighted by molar-refractivity contribution is 7.89. The first kappa shape index (κ1) is 20.7. The van der Waals surface area contributed by atoms with Crippen LogP contribution in [0.1, 0.15) is 24.5 Å². The molecule has 2 amide bonds. The molecule has 2 rings (SSSR count). The van der Waals surface area contributed by atoms with Gasteiger partial charge in [0, 0.05) is 12.6 Å². The molecule has 0 aromatic heterocycles. The zero-order chi connectivity index (χ0) is 19.9. The fraction of sp³-hybridized carbons (Fsp3) is 0.316. The molecule has 2 aromatic carbocycles. The molecule has 0 fully saturated rings. The molecule has 2 aromatic rings. The van der Waals surface area contributed by atoms with Crippen molar-refractivity contribution in [3.8, 4) is 5.75 Å². The van der Waals surface area contributed by atoms with Gasteiger partial charge in [-0.1, -0.05) is 24.3 Å². The molecule has 0 bridgehead atoms. The zero-order valence-corrected chi connectivity index (χ0v) is 16.2. The van der Waals surface area contributed by atoms with Crippen LogP contribution in [-0.2, 0) is 23.0 Å². The molecule has 146 valence electrons. The molecule has 0 spiro atoms. The van der Waals surface area contributed by atoms with E-state index in [0.29, 0.717) is 5.56 Å². The summed E-state index contributed by atoms with van der Waals surface area (Å²) in [5.74, 6) is 0.232. The van der Waals surface area contributed by atoms with Crippen LogP contribution < -0.4 is 15.4 Å². The third-order valence-corrected chi connectivity index (χ3v) is 5.52. The van der Waals surface area contributed by atoms with E-state index in [2.05, 4.69) is 15.4 Å². The van der Waals surface area contributed by atoms with E-state index < -0.39 is 10.0 Å². The Balaban J connectivity index is 1.80. The predicted octanol–water partition coefficient (Wildman–Crippen LogP) is 2.12. The van der Waals surface area contributed by atoms with Crippen molar-refractivity contribution in [1.29, 1.82) is 0 Å². The number of aryl methyl sites for hydroxylation is 1. The molecule has 0 aliphatic heterocycles. The average Bonchev–Trinajstić information content (AvgIpc) is 2.66. The summed E-state index contributed by atoms with van der Waals surface area (Å²) < 4.78 is 25.9. The average molecular weight is 391 g/mol. The maximum absolute atomic E-state index is 12.0. The molecule has 0 aliphatic carbocycles. The van der Waals surface area contributed by atoms with Crippen molar-refractivity contribution in [3.05, 3.63) is 59.7 Å². The Morgan fingerprint density at radius 1 is 1.11 bits per heavy atom. The number of carbonyl (C=O) groups is 1. The van der Waals surface area contributed by atoms with E-state index >= 15 is 0 Å². The van der Waals surface area contributed by atoms with E-state index in [1.54, 1.807) is 24.3 Å². The summed E-state index contributed by atoms with van der Waals surface area (Å²) in [5, 5.41) is 14.9. The first-order valence-electron chi connectivity index (χ1n) is 8.65. The standard InChI is InChI=1S/C19H25N3O4S/c1-14(6-7-15-8-10-17(23)11-9-15)22-19(24)21-13-16-4-3-5-18(12-16)27(25,26)20-2/h3-5,8-12,14,20,23H,6-7,13H2,1-2H3,(H2,21,22,24). The van der Waals surface area contributed by atoms with Crippen molar-refractivity contribution < 1.29 is 18.3 Å². The highest BCUT2D eigenvalue weighted by Crippen LogP contribution is 2.12. The number of amides is 2. The summed E-state index contributed by atoms with van der Waals surface area (Å²) in [7, 11) is -2.15. The molecule has 0 aliphatic rings. The highest BCUT2D eigenvalue weighted by atomic mass is 32.2. The molecule has 27 heavy (non-hydrogen) atoms. The van der Waals surface area contributed by atoms with Gasteiger partial charge in [0.2, 0.25) is 10.0 Å². The third-order valence-electron chi connectivity index (χ3n) is 4.11. The molecule has 0 saturated heterocycles. The number of nitrogens with one attached hydrogen (secondary N) is 3. The lowest BCUT2D eigenvalue weighted by molar-refractivity contribution is 0.237. The Morgan fingerprint density at radius 2 is 1.81 bits per heavy atom. The SMILES string of the molecule is CNS(=O)(=O)c1cccc(CNC(=O)NC(C)CCc2ccc(O)cc2)c1. The fourth-order valence-corrected chi connectivity index (χ4v) is 3.32. The van der Waals surface area contributed by atoms with E-state index in [4.69, 9.17) is 0 Å². The normalized spacial score (nSPS) is 12.4. The Bertz CT molecular complexity index is 867. The van der Waals surface area contributed by atoms with Crippen LogP contribution in [0.4, 0.5) is 4.79 Å². The van der Waals surface area contributed by atoms with E-state index in [1.165, 1.54) is 19.2 Å². The van der Waals surface area contributed by atoms with Crippen molar-refractivity contribution >= 4 is 16.1 Å². The zero-order valence-electron chi connectivity index (χ0n) is 15.4. The summed E-state index contributed by atoms with van der Waals surface area (Å²) in [6.45, 7) is 2.14.